The molecule has 0 saturated heterocycles. The third kappa shape index (κ3) is 5.99. The SMILES string of the molecule is Cc1ccc2c(c1)c1cc(C(C)(C)C)ccc1n2-c1cc(-n2c3ccc(C)cc3c3cc(C(C)(C)C)ccc32)cc(-n2c3ccc(C)cc3c3cc(C(C)(C)C)ccc32)c1. The van der Waals surface area contributed by atoms with Gasteiger partial charge in [0, 0.05) is 32.3 Å². The Labute approximate surface area is 354 Å². The van der Waals surface area contributed by atoms with E-state index < -0.39 is 0 Å². The second kappa shape index (κ2) is 13.0. The molecule has 10 aromatic rings. The lowest BCUT2D eigenvalue weighted by atomic mass is 9.86. The average molecular weight is 784 g/mol. The summed E-state index contributed by atoms with van der Waals surface area (Å²) in [6, 6.07) is 49.5. The molecule has 0 saturated carbocycles. The molecule has 3 nitrogen and oxygen atoms in total. The monoisotopic (exact) mass is 783 g/mol. The van der Waals surface area contributed by atoms with Gasteiger partial charge in [0.1, 0.15) is 0 Å². The van der Waals surface area contributed by atoms with E-state index in [9.17, 15) is 0 Å². The van der Waals surface area contributed by atoms with E-state index in [-0.39, 0.29) is 16.2 Å². The Morgan fingerprint density at radius 2 is 0.483 bits per heavy atom. The fourth-order valence-electron chi connectivity index (χ4n) is 9.61. The van der Waals surface area contributed by atoms with Crippen molar-refractivity contribution in [3.8, 4) is 17.1 Å². The minimum atomic E-state index is 0.0308. The molecule has 7 aromatic carbocycles. The lowest BCUT2D eigenvalue weighted by Gasteiger charge is -2.20. The Morgan fingerprint density at radius 3 is 0.717 bits per heavy atom. The summed E-state index contributed by atoms with van der Waals surface area (Å²) < 4.78 is 7.53. The van der Waals surface area contributed by atoms with Crippen molar-refractivity contribution < 1.29 is 0 Å². The third-order valence-corrected chi connectivity index (χ3v) is 13.0. The van der Waals surface area contributed by atoms with Gasteiger partial charge in [0.15, 0.2) is 0 Å². The van der Waals surface area contributed by atoms with Crippen molar-refractivity contribution in [3.63, 3.8) is 0 Å². The summed E-state index contributed by atoms with van der Waals surface area (Å²) in [5, 5.41) is 7.72. The first-order valence-corrected chi connectivity index (χ1v) is 21.7. The molecule has 0 radical (unpaired) electrons. The maximum atomic E-state index is 2.51. The van der Waals surface area contributed by atoms with Gasteiger partial charge < -0.3 is 13.7 Å². The van der Waals surface area contributed by atoms with Crippen LogP contribution in [0, 0.1) is 20.8 Å². The van der Waals surface area contributed by atoms with Crippen molar-refractivity contribution in [2.75, 3.05) is 0 Å². The second-order valence-corrected chi connectivity index (χ2v) is 20.7. The first-order valence-electron chi connectivity index (χ1n) is 21.7. The van der Waals surface area contributed by atoms with Gasteiger partial charge in [-0.25, -0.2) is 0 Å². The van der Waals surface area contributed by atoms with Crippen molar-refractivity contribution in [2.45, 2.75) is 99.3 Å². The van der Waals surface area contributed by atoms with E-state index in [4.69, 9.17) is 0 Å². The van der Waals surface area contributed by atoms with E-state index in [2.05, 4.69) is 224 Å². The standard InChI is InChI=1S/C57H57N3/c1-34-13-19-49-43(25-34)46-28-37(55(4,5)6)16-22-52(46)58(49)40-31-41(59-50-20-14-35(2)26-44(50)47-29-38(56(7,8)9)17-23-53(47)59)33-42(32-40)60-51-21-15-36(3)27-45(51)48-30-39(57(10,11)12)18-24-54(48)60/h13-33H,1-12H3. The lowest BCUT2D eigenvalue weighted by molar-refractivity contribution is 0.591. The molecule has 0 aliphatic rings. The molecule has 10 rings (SSSR count). The molecular formula is C57H57N3. The number of hydrogen-bond donors (Lipinski definition) is 0. The molecule has 0 unspecified atom stereocenters. The molecule has 0 aliphatic heterocycles. The van der Waals surface area contributed by atoms with E-state index in [1.165, 1.54) is 98.8 Å². The quantitative estimate of drug-likeness (QED) is 0.170. The molecular weight excluding hydrogens is 727 g/mol. The van der Waals surface area contributed by atoms with Crippen molar-refractivity contribution in [1.82, 2.24) is 13.7 Å². The van der Waals surface area contributed by atoms with Crippen LogP contribution in [0.4, 0.5) is 0 Å². The van der Waals surface area contributed by atoms with Crippen molar-refractivity contribution in [3.05, 3.63) is 161 Å². The summed E-state index contributed by atoms with van der Waals surface area (Å²) in [5.41, 5.74) is 18.6. The molecule has 60 heavy (non-hydrogen) atoms. The predicted octanol–water partition coefficient (Wildman–Crippen LogP) is 15.8. The first kappa shape index (κ1) is 38.2. The van der Waals surface area contributed by atoms with E-state index in [0.717, 1.165) is 17.1 Å². The third-order valence-electron chi connectivity index (χ3n) is 13.0. The summed E-state index contributed by atoms with van der Waals surface area (Å²) in [4.78, 5) is 0. The number of aryl methyl sites for hydroxylation is 3. The Balaban J connectivity index is 1.36. The van der Waals surface area contributed by atoms with Gasteiger partial charge in [0.2, 0.25) is 0 Å². The van der Waals surface area contributed by atoms with E-state index >= 15 is 0 Å². The highest BCUT2D eigenvalue weighted by atomic mass is 15.0. The summed E-state index contributed by atoms with van der Waals surface area (Å²) >= 11 is 0. The zero-order valence-corrected chi connectivity index (χ0v) is 37.5. The van der Waals surface area contributed by atoms with Gasteiger partial charge in [-0.2, -0.15) is 0 Å². The van der Waals surface area contributed by atoms with Crippen LogP contribution in [-0.2, 0) is 16.2 Å². The molecule has 0 aliphatic carbocycles. The van der Waals surface area contributed by atoms with Crippen LogP contribution in [0.2, 0.25) is 0 Å². The number of aromatic nitrogens is 3. The zero-order chi connectivity index (χ0) is 42.2. The Bertz CT molecular complexity index is 3020. The van der Waals surface area contributed by atoms with E-state index in [1.807, 2.05) is 0 Å². The lowest BCUT2D eigenvalue weighted by Crippen LogP contribution is -2.10. The van der Waals surface area contributed by atoms with E-state index in [1.54, 1.807) is 0 Å². The molecule has 0 fully saturated rings. The summed E-state index contributed by atoms with van der Waals surface area (Å²) in [7, 11) is 0. The van der Waals surface area contributed by atoms with Gasteiger partial charge in [-0.1, -0.05) is 115 Å². The van der Waals surface area contributed by atoms with Crippen LogP contribution in [0.25, 0.3) is 82.5 Å². The molecule has 0 atom stereocenters. The normalized spacial score (nSPS) is 13.0. The summed E-state index contributed by atoms with van der Waals surface area (Å²) in [6.45, 7) is 27.4. The van der Waals surface area contributed by atoms with E-state index in [0.29, 0.717) is 0 Å². The highest BCUT2D eigenvalue weighted by Gasteiger charge is 2.24. The number of fused-ring (bicyclic) bond motifs is 9. The molecule has 3 aromatic heterocycles. The number of rotatable bonds is 3. The van der Waals surface area contributed by atoms with Crippen LogP contribution in [0.3, 0.4) is 0 Å². The van der Waals surface area contributed by atoms with Gasteiger partial charge in [0.25, 0.3) is 0 Å². The maximum Gasteiger partial charge on any atom is 0.0541 e. The fraction of sp³-hybridized carbons (Fsp3) is 0.263. The van der Waals surface area contributed by atoms with Crippen LogP contribution < -0.4 is 0 Å². The molecule has 3 heteroatoms. The second-order valence-electron chi connectivity index (χ2n) is 20.7. The fourth-order valence-corrected chi connectivity index (χ4v) is 9.61. The van der Waals surface area contributed by atoms with Gasteiger partial charge in [-0.15, -0.1) is 0 Å². The summed E-state index contributed by atoms with van der Waals surface area (Å²) in [6.07, 6.45) is 0. The van der Waals surface area contributed by atoms with Crippen LogP contribution in [0.15, 0.2) is 127 Å². The van der Waals surface area contributed by atoms with Gasteiger partial charge in [-0.3, -0.25) is 0 Å². The van der Waals surface area contributed by atoms with Crippen LogP contribution >= 0.6 is 0 Å². The van der Waals surface area contributed by atoms with Crippen molar-refractivity contribution in [2.24, 2.45) is 0 Å². The highest BCUT2D eigenvalue weighted by molar-refractivity contribution is 6.12. The smallest absolute Gasteiger partial charge is 0.0541 e. The Kier molecular flexibility index (Phi) is 8.25. The Morgan fingerprint density at radius 1 is 0.267 bits per heavy atom. The molecule has 0 amide bonds. The minimum absolute atomic E-state index is 0.0308. The highest BCUT2D eigenvalue weighted by Crippen LogP contribution is 2.42. The Hall–Kier alpha value is -6.06. The van der Waals surface area contributed by atoms with Crippen molar-refractivity contribution >= 4 is 65.4 Å². The summed E-state index contributed by atoms with van der Waals surface area (Å²) in [5.74, 6) is 0. The molecule has 300 valence electrons. The van der Waals surface area contributed by atoms with Gasteiger partial charge >= 0.3 is 0 Å². The molecule has 0 spiro atoms. The number of hydrogen-bond acceptors (Lipinski definition) is 0. The molecule has 3 heterocycles. The molecule has 0 bridgehead atoms. The predicted molar refractivity (Wildman–Crippen MR) is 260 cm³/mol. The number of benzene rings is 7. The van der Waals surface area contributed by atoms with Gasteiger partial charge in [0.05, 0.1) is 50.2 Å². The minimum Gasteiger partial charge on any atom is -0.309 e. The first-order chi connectivity index (χ1) is 28.3. The average Bonchev–Trinajstić information content (AvgIpc) is 3.80. The molecule has 0 N–H and O–H groups in total. The topological polar surface area (TPSA) is 14.8 Å². The van der Waals surface area contributed by atoms with Crippen LogP contribution in [0.1, 0.15) is 95.7 Å². The largest absolute Gasteiger partial charge is 0.309 e. The van der Waals surface area contributed by atoms with Gasteiger partial charge in [-0.05, 0) is 145 Å². The maximum absolute atomic E-state index is 2.51. The van der Waals surface area contributed by atoms with Crippen LogP contribution in [-0.4, -0.2) is 13.7 Å². The van der Waals surface area contributed by atoms with Crippen molar-refractivity contribution in [1.29, 1.82) is 0 Å². The van der Waals surface area contributed by atoms with Crippen LogP contribution in [0.5, 0.6) is 0 Å². The zero-order valence-electron chi connectivity index (χ0n) is 37.5. The number of nitrogens with zero attached hydrogens (tertiary/aromatic N) is 3.